The zero-order chi connectivity index (χ0) is 19.5. The molecule has 2 aromatic carbocycles. The first-order valence-corrected chi connectivity index (χ1v) is 8.81. The van der Waals surface area contributed by atoms with Gasteiger partial charge in [0.2, 0.25) is 0 Å². The molecule has 0 bridgehead atoms. The largest absolute Gasteiger partial charge is 0.347 e. The summed E-state index contributed by atoms with van der Waals surface area (Å²) in [5, 5.41) is 5.77. The maximum Gasteiger partial charge on any atom is 0.255 e. The minimum Gasteiger partial charge on any atom is -0.347 e. The number of hydrogen-bond donors (Lipinski definition) is 2. The van der Waals surface area contributed by atoms with Gasteiger partial charge in [-0.2, -0.15) is 0 Å². The number of nitrogens with one attached hydrogen (secondary N) is 2. The summed E-state index contributed by atoms with van der Waals surface area (Å²) in [5.41, 5.74) is 2.35. The van der Waals surface area contributed by atoms with Gasteiger partial charge >= 0.3 is 0 Å². The Kier molecular flexibility index (Phi) is 5.55. The van der Waals surface area contributed by atoms with Crippen LogP contribution in [0.3, 0.4) is 0 Å². The highest BCUT2D eigenvalue weighted by Crippen LogP contribution is 2.23. The van der Waals surface area contributed by atoms with E-state index >= 15 is 0 Å². The van der Waals surface area contributed by atoms with Crippen LogP contribution in [0.4, 0.5) is 5.69 Å². The van der Waals surface area contributed by atoms with Crippen LogP contribution in [0.2, 0.25) is 0 Å². The Bertz CT molecular complexity index is 794. The third-order valence-corrected chi connectivity index (χ3v) is 3.92. The smallest absolute Gasteiger partial charge is 0.255 e. The summed E-state index contributed by atoms with van der Waals surface area (Å²) in [6, 6.07) is 14.6. The molecule has 138 valence electrons. The first-order valence-electron chi connectivity index (χ1n) is 8.81. The van der Waals surface area contributed by atoms with Crippen molar-refractivity contribution in [1.82, 2.24) is 5.32 Å². The molecule has 0 aliphatic rings. The van der Waals surface area contributed by atoms with Crippen LogP contribution in [-0.4, -0.2) is 17.4 Å². The number of anilines is 1. The van der Waals surface area contributed by atoms with Crippen LogP contribution < -0.4 is 10.6 Å². The van der Waals surface area contributed by atoms with Crippen molar-refractivity contribution in [2.45, 2.75) is 52.5 Å². The summed E-state index contributed by atoms with van der Waals surface area (Å²) >= 11 is 0. The molecule has 4 heteroatoms. The Balaban J connectivity index is 2.21. The average Bonchev–Trinajstić information content (AvgIpc) is 2.53. The Morgan fingerprint density at radius 3 is 1.88 bits per heavy atom. The molecule has 0 fully saturated rings. The second kappa shape index (κ2) is 7.32. The van der Waals surface area contributed by atoms with E-state index in [2.05, 4.69) is 31.4 Å². The Morgan fingerprint density at radius 2 is 1.35 bits per heavy atom. The molecule has 0 spiro atoms. The molecule has 4 nitrogen and oxygen atoms in total. The summed E-state index contributed by atoms with van der Waals surface area (Å²) in [5.74, 6) is -0.446. The van der Waals surface area contributed by atoms with Crippen LogP contribution in [0.25, 0.3) is 0 Å². The van der Waals surface area contributed by atoms with Gasteiger partial charge in [0.1, 0.15) is 0 Å². The van der Waals surface area contributed by atoms with Crippen LogP contribution in [0.15, 0.2) is 48.5 Å². The zero-order valence-corrected chi connectivity index (χ0v) is 16.4. The first-order chi connectivity index (χ1) is 12.0. The predicted octanol–water partition coefficient (Wildman–Crippen LogP) is 4.76. The molecule has 2 amide bonds. The Morgan fingerprint density at radius 1 is 0.769 bits per heavy atom. The second-order valence-electron chi connectivity index (χ2n) is 8.53. The molecule has 0 radical (unpaired) electrons. The molecule has 0 saturated heterocycles. The lowest BCUT2D eigenvalue weighted by Gasteiger charge is -2.21. The lowest BCUT2D eigenvalue weighted by molar-refractivity contribution is 0.0920. The van der Waals surface area contributed by atoms with E-state index in [1.165, 1.54) is 5.56 Å². The molecular weight excluding hydrogens is 324 g/mol. The minimum atomic E-state index is -0.350. The molecular formula is C22H28N2O2. The van der Waals surface area contributed by atoms with Crippen LogP contribution in [0.5, 0.6) is 0 Å². The maximum absolute atomic E-state index is 12.6. The maximum atomic E-state index is 12.6. The van der Waals surface area contributed by atoms with Crippen molar-refractivity contribution in [2.75, 3.05) is 5.32 Å². The van der Waals surface area contributed by atoms with Crippen LogP contribution in [0, 0.1) is 0 Å². The van der Waals surface area contributed by atoms with Gasteiger partial charge in [-0.05, 0) is 56.0 Å². The van der Waals surface area contributed by atoms with E-state index in [0.29, 0.717) is 16.8 Å². The van der Waals surface area contributed by atoms with Gasteiger partial charge in [0, 0.05) is 11.1 Å². The quantitative estimate of drug-likeness (QED) is 0.836. The average molecular weight is 352 g/mol. The fourth-order valence-corrected chi connectivity index (χ4v) is 2.51. The molecule has 2 rings (SSSR count). The lowest BCUT2D eigenvalue weighted by atomic mass is 9.86. The number of carbonyl (C=O) groups is 2. The topological polar surface area (TPSA) is 58.2 Å². The second-order valence-corrected chi connectivity index (χ2v) is 8.53. The number of para-hydroxylation sites is 1. The lowest BCUT2D eigenvalue weighted by Crippen LogP contribution is -2.40. The summed E-state index contributed by atoms with van der Waals surface area (Å²) in [6.45, 7) is 12.2. The summed E-state index contributed by atoms with van der Waals surface area (Å²) in [7, 11) is 0. The SMILES string of the molecule is CC(C)(C)NC(=O)c1ccccc1NC(=O)c1ccc(C(C)(C)C)cc1. The zero-order valence-electron chi connectivity index (χ0n) is 16.4. The molecule has 0 heterocycles. The van der Waals surface area contributed by atoms with Crippen LogP contribution in [-0.2, 0) is 5.41 Å². The summed E-state index contributed by atoms with van der Waals surface area (Å²) < 4.78 is 0. The summed E-state index contributed by atoms with van der Waals surface area (Å²) in [6.07, 6.45) is 0. The van der Waals surface area contributed by atoms with E-state index in [4.69, 9.17) is 0 Å². The van der Waals surface area contributed by atoms with Crippen LogP contribution >= 0.6 is 0 Å². The third kappa shape index (κ3) is 5.19. The highest BCUT2D eigenvalue weighted by molar-refractivity contribution is 6.09. The summed E-state index contributed by atoms with van der Waals surface area (Å²) in [4.78, 5) is 25.1. The fraction of sp³-hybridized carbons (Fsp3) is 0.364. The fourth-order valence-electron chi connectivity index (χ4n) is 2.51. The number of carbonyl (C=O) groups excluding carboxylic acids is 2. The van der Waals surface area contributed by atoms with Crippen molar-refractivity contribution < 1.29 is 9.59 Å². The normalized spacial score (nSPS) is 11.8. The molecule has 2 N–H and O–H groups in total. The molecule has 2 aromatic rings. The standard InChI is InChI=1S/C22H28N2O2/c1-21(2,3)16-13-11-15(12-14-16)19(25)23-18-10-8-7-9-17(18)20(26)24-22(4,5)6/h7-14H,1-6H3,(H,23,25)(H,24,26). The van der Waals surface area contributed by atoms with Crippen molar-refractivity contribution in [2.24, 2.45) is 0 Å². The van der Waals surface area contributed by atoms with Gasteiger partial charge in [-0.15, -0.1) is 0 Å². The number of amides is 2. The van der Waals surface area contributed by atoms with Crippen LogP contribution in [0.1, 0.15) is 67.8 Å². The van der Waals surface area contributed by atoms with Gasteiger partial charge in [-0.3, -0.25) is 9.59 Å². The monoisotopic (exact) mass is 352 g/mol. The van der Waals surface area contributed by atoms with Crippen molar-refractivity contribution in [3.63, 3.8) is 0 Å². The van der Waals surface area contributed by atoms with Gasteiger partial charge < -0.3 is 10.6 Å². The number of hydrogen-bond acceptors (Lipinski definition) is 2. The van der Waals surface area contributed by atoms with Gasteiger partial charge in [0.25, 0.3) is 11.8 Å². The Labute approximate surface area is 156 Å². The number of benzene rings is 2. The molecule has 0 aliphatic carbocycles. The number of rotatable bonds is 3. The van der Waals surface area contributed by atoms with E-state index in [1.807, 2.05) is 45.0 Å². The third-order valence-electron chi connectivity index (χ3n) is 3.92. The molecule has 0 aromatic heterocycles. The van der Waals surface area contributed by atoms with E-state index in [1.54, 1.807) is 24.3 Å². The molecule has 0 aliphatic heterocycles. The minimum absolute atomic E-state index is 0.0344. The molecule has 26 heavy (non-hydrogen) atoms. The van der Waals surface area contributed by atoms with E-state index < -0.39 is 0 Å². The molecule has 0 atom stereocenters. The molecule has 0 unspecified atom stereocenters. The highest BCUT2D eigenvalue weighted by atomic mass is 16.2. The molecule has 0 saturated carbocycles. The van der Waals surface area contributed by atoms with Crippen molar-refractivity contribution in [3.05, 3.63) is 65.2 Å². The van der Waals surface area contributed by atoms with E-state index in [9.17, 15) is 9.59 Å². The van der Waals surface area contributed by atoms with Crippen molar-refractivity contribution in [3.8, 4) is 0 Å². The Hall–Kier alpha value is -2.62. The van der Waals surface area contributed by atoms with Crippen molar-refractivity contribution in [1.29, 1.82) is 0 Å². The van der Waals surface area contributed by atoms with Crippen molar-refractivity contribution >= 4 is 17.5 Å². The van der Waals surface area contributed by atoms with Gasteiger partial charge in [-0.25, -0.2) is 0 Å². The van der Waals surface area contributed by atoms with E-state index in [0.717, 1.165) is 0 Å². The van der Waals surface area contributed by atoms with E-state index in [-0.39, 0.29) is 22.8 Å². The first kappa shape index (κ1) is 19.7. The van der Waals surface area contributed by atoms with Gasteiger partial charge in [0.15, 0.2) is 0 Å². The highest BCUT2D eigenvalue weighted by Gasteiger charge is 2.19. The predicted molar refractivity (Wildman–Crippen MR) is 107 cm³/mol. The van der Waals surface area contributed by atoms with Gasteiger partial charge in [-0.1, -0.05) is 45.0 Å². The van der Waals surface area contributed by atoms with Gasteiger partial charge in [0.05, 0.1) is 11.3 Å².